The number of nitrogens with two attached hydrogens (primary N) is 1. The van der Waals surface area contributed by atoms with E-state index in [-0.39, 0.29) is 5.92 Å². The fraction of sp³-hybridized carbons (Fsp3) is 0.462. The molecule has 3 N–H and O–H groups in total. The number of hydrogen-bond donors (Lipinski definition) is 2. The second-order valence-electron chi connectivity index (χ2n) is 4.59. The predicted molar refractivity (Wildman–Crippen MR) is 71.0 cm³/mol. The number of ether oxygens (including phenoxy) is 1. The van der Waals surface area contributed by atoms with Crippen molar-refractivity contribution in [3.63, 3.8) is 0 Å². The van der Waals surface area contributed by atoms with Crippen LogP contribution in [0.3, 0.4) is 0 Å². The zero-order chi connectivity index (χ0) is 13.2. The Hall–Kier alpha value is -1.20. The number of hydrogen-bond acceptors (Lipinski definition) is 4. The van der Waals surface area contributed by atoms with Crippen molar-refractivity contribution in [2.45, 2.75) is 23.3 Å². The first-order valence-corrected chi connectivity index (χ1v) is 6.84. The van der Waals surface area contributed by atoms with Gasteiger partial charge in [-0.2, -0.15) is 0 Å². The molecule has 0 spiro atoms. The van der Waals surface area contributed by atoms with Crippen LogP contribution in [0, 0.1) is 5.92 Å². The van der Waals surface area contributed by atoms with Crippen LogP contribution >= 0.6 is 11.8 Å². The summed E-state index contributed by atoms with van der Waals surface area (Å²) in [6, 6.07) is 7.57. The Labute approximate surface area is 111 Å². The highest BCUT2D eigenvalue weighted by atomic mass is 32.2. The van der Waals surface area contributed by atoms with Crippen LogP contribution < -0.4 is 10.5 Å². The zero-order valence-electron chi connectivity index (χ0n) is 10.3. The molecule has 5 heteroatoms. The molecule has 1 atom stereocenters. The number of thioether (sulfide) groups is 1. The summed E-state index contributed by atoms with van der Waals surface area (Å²) in [6.07, 6.45) is 1.84. The van der Waals surface area contributed by atoms with E-state index in [0.717, 1.165) is 23.5 Å². The standard InChI is InChI=1S/C13H17NO3S/c1-17-10-3-2-4-11(7-10)18-8-13(14,12(15)16)9-5-6-9/h2-4,7,9H,5-6,8,14H2,1H3,(H,15,16). The summed E-state index contributed by atoms with van der Waals surface area (Å²) in [6.45, 7) is 0. The van der Waals surface area contributed by atoms with E-state index in [1.54, 1.807) is 7.11 Å². The second kappa shape index (κ2) is 5.20. The molecule has 1 fully saturated rings. The van der Waals surface area contributed by atoms with Crippen molar-refractivity contribution in [1.29, 1.82) is 0 Å². The SMILES string of the molecule is COc1cccc(SCC(N)(C(=O)O)C2CC2)c1. The molecule has 0 bridgehead atoms. The third-order valence-electron chi connectivity index (χ3n) is 3.22. The van der Waals surface area contributed by atoms with Gasteiger partial charge in [-0.05, 0) is 37.0 Å². The fourth-order valence-corrected chi connectivity index (χ4v) is 2.99. The van der Waals surface area contributed by atoms with Crippen LogP contribution in [0.4, 0.5) is 0 Å². The lowest BCUT2D eigenvalue weighted by Gasteiger charge is -2.23. The molecule has 0 heterocycles. The number of rotatable bonds is 6. The normalized spacial score (nSPS) is 18.1. The van der Waals surface area contributed by atoms with Gasteiger partial charge in [0.2, 0.25) is 0 Å². The topological polar surface area (TPSA) is 72.5 Å². The first-order chi connectivity index (χ1) is 8.56. The van der Waals surface area contributed by atoms with Gasteiger partial charge in [0, 0.05) is 10.6 Å². The van der Waals surface area contributed by atoms with Gasteiger partial charge in [-0.25, -0.2) is 0 Å². The molecule has 0 amide bonds. The van der Waals surface area contributed by atoms with Gasteiger partial charge in [0.15, 0.2) is 0 Å². The molecule has 0 radical (unpaired) electrons. The van der Waals surface area contributed by atoms with Crippen molar-refractivity contribution >= 4 is 17.7 Å². The number of carboxylic acids is 1. The first-order valence-electron chi connectivity index (χ1n) is 5.85. The third kappa shape index (κ3) is 2.79. The number of aliphatic carboxylic acids is 1. The Kier molecular flexibility index (Phi) is 3.82. The van der Waals surface area contributed by atoms with E-state index in [9.17, 15) is 9.90 Å². The molecule has 0 aromatic heterocycles. The van der Waals surface area contributed by atoms with Crippen molar-refractivity contribution in [3.8, 4) is 5.75 Å². The van der Waals surface area contributed by atoms with Crippen molar-refractivity contribution < 1.29 is 14.6 Å². The highest BCUT2D eigenvalue weighted by Gasteiger charge is 2.48. The molecule has 1 aromatic carbocycles. The van der Waals surface area contributed by atoms with E-state index < -0.39 is 11.5 Å². The van der Waals surface area contributed by atoms with E-state index in [2.05, 4.69) is 0 Å². The molecule has 1 aliphatic carbocycles. The molecule has 1 saturated carbocycles. The van der Waals surface area contributed by atoms with Gasteiger partial charge in [-0.3, -0.25) is 4.79 Å². The quantitative estimate of drug-likeness (QED) is 0.771. The van der Waals surface area contributed by atoms with E-state index in [1.165, 1.54) is 11.8 Å². The van der Waals surface area contributed by atoms with E-state index in [1.807, 2.05) is 24.3 Å². The minimum Gasteiger partial charge on any atom is -0.497 e. The molecule has 18 heavy (non-hydrogen) atoms. The van der Waals surface area contributed by atoms with Crippen LogP contribution in [0.25, 0.3) is 0 Å². The zero-order valence-corrected chi connectivity index (χ0v) is 11.1. The van der Waals surface area contributed by atoms with Crippen LogP contribution in [0.2, 0.25) is 0 Å². The van der Waals surface area contributed by atoms with Crippen LogP contribution in [-0.4, -0.2) is 29.5 Å². The van der Waals surface area contributed by atoms with Crippen LogP contribution in [0.5, 0.6) is 5.75 Å². The van der Waals surface area contributed by atoms with Gasteiger partial charge in [0.05, 0.1) is 7.11 Å². The second-order valence-corrected chi connectivity index (χ2v) is 5.64. The average Bonchev–Trinajstić information content (AvgIpc) is 3.20. The molecule has 4 nitrogen and oxygen atoms in total. The highest BCUT2D eigenvalue weighted by Crippen LogP contribution is 2.41. The van der Waals surface area contributed by atoms with Crippen LogP contribution in [0.15, 0.2) is 29.2 Å². The fourth-order valence-electron chi connectivity index (χ4n) is 1.85. The van der Waals surface area contributed by atoms with Gasteiger partial charge in [-0.1, -0.05) is 6.07 Å². The molecule has 0 aliphatic heterocycles. The number of carboxylic acid groups (broad SMARTS) is 1. The lowest BCUT2D eigenvalue weighted by Crippen LogP contribution is -2.52. The van der Waals surface area contributed by atoms with Crippen LogP contribution in [-0.2, 0) is 4.79 Å². The Morgan fingerprint density at radius 2 is 2.33 bits per heavy atom. The predicted octanol–water partition coefficient (Wildman–Crippen LogP) is 1.98. The lowest BCUT2D eigenvalue weighted by molar-refractivity contribution is -0.143. The maximum absolute atomic E-state index is 11.3. The highest BCUT2D eigenvalue weighted by molar-refractivity contribution is 7.99. The Morgan fingerprint density at radius 1 is 1.61 bits per heavy atom. The molecule has 98 valence electrons. The minimum atomic E-state index is -1.10. The van der Waals surface area contributed by atoms with Gasteiger partial charge in [0.25, 0.3) is 0 Å². The molecule has 1 aromatic rings. The van der Waals surface area contributed by atoms with Gasteiger partial charge >= 0.3 is 5.97 Å². The summed E-state index contributed by atoms with van der Waals surface area (Å²) in [5.74, 6) is 0.373. The lowest BCUT2D eigenvalue weighted by atomic mass is 9.98. The molecular formula is C13H17NO3S. The van der Waals surface area contributed by atoms with Crippen molar-refractivity contribution in [1.82, 2.24) is 0 Å². The summed E-state index contributed by atoms with van der Waals surface area (Å²) < 4.78 is 5.13. The van der Waals surface area contributed by atoms with Crippen molar-refractivity contribution in [3.05, 3.63) is 24.3 Å². The van der Waals surface area contributed by atoms with Gasteiger partial charge in [-0.15, -0.1) is 11.8 Å². The van der Waals surface area contributed by atoms with Crippen molar-refractivity contribution in [2.24, 2.45) is 11.7 Å². The van der Waals surface area contributed by atoms with Crippen LogP contribution in [0.1, 0.15) is 12.8 Å². The Morgan fingerprint density at radius 3 is 2.89 bits per heavy atom. The molecule has 1 unspecified atom stereocenters. The van der Waals surface area contributed by atoms with Crippen molar-refractivity contribution in [2.75, 3.05) is 12.9 Å². The van der Waals surface area contributed by atoms with Gasteiger partial charge < -0.3 is 15.6 Å². The third-order valence-corrected chi connectivity index (χ3v) is 4.43. The summed E-state index contributed by atoms with van der Waals surface area (Å²) >= 11 is 1.47. The number of carbonyl (C=O) groups is 1. The molecule has 1 aliphatic rings. The monoisotopic (exact) mass is 267 g/mol. The minimum absolute atomic E-state index is 0.119. The van der Waals surface area contributed by atoms with E-state index in [0.29, 0.717) is 5.75 Å². The Bertz CT molecular complexity index is 448. The van der Waals surface area contributed by atoms with E-state index >= 15 is 0 Å². The maximum Gasteiger partial charge on any atom is 0.324 e. The maximum atomic E-state index is 11.3. The summed E-state index contributed by atoms with van der Waals surface area (Å²) in [7, 11) is 1.61. The summed E-state index contributed by atoms with van der Waals surface area (Å²) in [4.78, 5) is 12.3. The smallest absolute Gasteiger partial charge is 0.324 e. The summed E-state index contributed by atoms with van der Waals surface area (Å²) in [5.41, 5.74) is 4.91. The van der Waals surface area contributed by atoms with E-state index in [4.69, 9.17) is 10.5 Å². The number of methoxy groups -OCH3 is 1. The van der Waals surface area contributed by atoms with Gasteiger partial charge in [0.1, 0.15) is 11.3 Å². The largest absolute Gasteiger partial charge is 0.497 e. The number of benzene rings is 1. The molecule has 0 saturated heterocycles. The molecular weight excluding hydrogens is 250 g/mol. The first kappa shape index (κ1) is 13.2. The molecule has 2 rings (SSSR count). The average molecular weight is 267 g/mol. The Balaban J connectivity index is 2.03. The summed E-state index contributed by atoms with van der Waals surface area (Å²) in [5, 5.41) is 9.26.